The second-order valence-corrected chi connectivity index (χ2v) is 7.07. The number of benzene rings is 2. The lowest BCUT2D eigenvalue weighted by atomic mass is 10.2. The highest BCUT2D eigenvalue weighted by molar-refractivity contribution is 7.92. The molecule has 0 aliphatic rings. The molecule has 0 radical (unpaired) electrons. The predicted octanol–water partition coefficient (Wildman–Crippen LogP) is 1.80. The normalized spacial score (nSPS) is 11.2. The number of ether oxygens (including phenoxy) is 1. The molecule has 26 heavy (non-hydrogen) atoms. The van der Waals surface area contributed by atoms with E-state index in [2.05, 4.69) is 10.1 Å². The van der Waals surface area contributed by atoms with Gasteiger partial charge in [-0.05, 0) is 36.4 Å². The monoisotopic (exact) mass is 384 g/mol. The van der Waals surface area contributed by atoms with Gasteiger partial charge in [0.2, 0.25) is 5.91 Å². The minimum atomic E-state index is -3.89. The fraction of sp³-hybridized carbons (Fsp3) is 0.125. The number of amides is 2. The van der Waals surface area contributed by atoms with Crippen LogP contribution in [0.3, 0.4) is 0 Å². The molecular weight excluding hydrogens is 370 g/mol. The average molecular weight is 384 g/mol. The maximum absolute atomic E-state index is 12.4. The first-order chi connectivity index (χ1) is 12.2. The van der Waals surface area contributed by atoms with E-state index < -0.39 is 34.0 Å². The van der Waals surface area contributed by atoms with Gasteiger partial charge in [-0.15, -0.1) is 0 Å². The number of hydrogen-bond donors (Lipinski definition) is 2. The van der Waals surface area contributed by atoms with E-state index in [0.29, 0.717) is 0 Å². The van der Waals surface area contributed by atoms with Crippen LogP contribution in [0.4, 0.5) is 14.5 Å². The van der Waals surface area contributed by atoms with Gasteiger partial charge in [-0.1, -0.05) is 12.1 Å². The molecule has 2 rings (SSSR count). The first-order valence-electron chi connectivity index (χ1n) is 7.15. The summed E-state index contributed by atoms with van der Waals surface area (Å²) >= 11 is 0. The Morgan fingerprint density at radius 3 is 2.27 bits per heavy atom. The Labute approximate surface area is 147 Å². The zero-order chi connectivity index (χ0) is 19.3. The minimum Gasteiger partial charge on any atom is -0.433 e. The number of sulfone groups is 1. The summed E-state index contributed by atoms with van der Waals surface area (Å²) < 4.78 is 52.8. The average Bonchev–Trinajstić information content (AvgIpc) is 2.55. The van der Waals surface area contributed by atoms with Crippen molar-refractivity contribution < 1.29 is 31.5 Å². The molecule has 2 amide bonds. The minimum absolute atomic E-state index is 0.0308. The Balaban J connectivity index is 2.18. The van der Waals surface area contributed by atoms with E-state index in [-0.39, 0.29) is 21.9 Å². The van der Waals surface area contributed by atoms with Gasteiger partial charge in [0.1, 0.15) is 11.5 Å². The van der Waals surface area contributed by atoms with Gasteiger partial charge in [0.15, 0.2) is 9.84 Å². The molecule has 0 spiro atoms. The number of nitrogens with two attached hydrogens (primary N) is 1. The van der Waals surface area contributed by atoms with E-state index in [1.165, 1.54) is 36.4 Å². The number of nitrogens with one attached hydrogen (secondary N) is 1. The number of rotatable bonds is 7. The highest BCUT2D eigenvalue weighted by Crippen LogP contribution is 2.26. The lowest BCUT2D eigenvalue weighted by Crippen LogP contribution is -2.23. The Hall–Kier alpha value is -3.01. The van der Waals surface area contributed by atoms with Gasteiger partial charge in [0.05, 0.1) is 10.6 Å². The molecule has 0 atom stereocenters. The highest BCUT2D eigenvalue weighted by atomic mass is 32.2. The first kappa shape index (κ1) is 19.3. The molecule has 0 unspecified atom stereocenters. The molecule has 0 saturated heterocycles. The van der Waals surface area contributed by atoms with Crippen molar-refractivity contribution in [3.8, 4) is 5.75 Å². The number of carbonyl (C=O) groups is 2. The molecule has 0 aromatic heterocycles. The number of anilines is 1. The van der Waals surface area contributed by atoms with Crippen molar-refractivity contribution in [1.29, 1.82) is 0 Å². The van der Waals surface area contributed by atoms with Crippen molar-refractivity contribution in [2.75, 3.05) is 11.1 Å². The molecule has 138 valence electrons. The quantitative estimate of drug-likeness (QED) is 0.755. The largest absolute Gasteiger partial charge is 0.433 e. The summed E-state index contributed by atoms with van der Waals surface area (Å²) in [6.45, 7) is -3.05. The molecule has 0 aliphatic carbocycles. The van der Waals surface area contributed by atoms with Crippen LogP contribution in [0.2, 0.25) is 0 Å². The van der Waals surface area contributed by atoms with Crippen LogP contribution in [0.5, 0.6) is 5.75 Å². The van der Waals surface area contributed by atoms with Gasteiger partial charge < -0.3 is 15.8 Å². The summed E-state index contributed by atoms with van der Waals surface area (Å²) in [5.41, 5.74) is 4.99. The van der Waals surface area contributed by atoms with Crippen molar-refractivity contribution in [3.63, 3.8) is 0 Å². The van der Waals surface area contributed by atoms with Gasteiger partial charge in [0, 0.05) is 5.56 Å². The zero-order valence-corrected chi connectivity index (χ0v) is 14.0. The van der Waals surface area contributed by atoms with Crippen LogP contribution in [0.1, 0.15) is 10.4 Å². The molecule has 3 N–H and O–H groups in total. The summed E-state index contributed by atoms with van der Waals surface area (Å²) in [6, 6.07) is 10.4. The zero-order valence-electron chi connectivity index (χ0n) is 13.2. The molecule has 2 aromatic carbocycles. The topological polar surface area (TPSA) is 116 Å². The summed E-state index contributed by atoms with van der Waals surface area (Å²) in [7, 11) is -3.89. The Kier molecular flexibility index (Phi) is 5.88. The number of alkyl halides is 2. The Morgan fingerprint density at radius 2 is 1.69 bits per heavy atom. The van der Waals surface area contributed by atoms with E-state index in [1.54, 1.807) is 0 Å². The molecule has 10 heteroatoms. The summed E-state index contributed by atoms with van der Waals surface area (Å²) in [4.78, 5) is 22.8. The second kappa shape index (κ2) is 7.91. The van der Waals surface area contributed by atoms with Crippen molar-refractivity contribution in [3.05, 3.63) is 54.1 Å². The first-order valence-corrected chi connectivity index (χ1v) is 8.80. The molecule has 0 fully saturated rings. The fourth-order valence-corrected chi connectivity index (χ4v) is 3.14. The molecule has 2 aromatic rings. The van der Waals surface area contributed by atoms with Crippen molar-refractivity contribution in [2.24, 2.45) is 5.73 Å². The van der Waals surface area contributed by atoms with Crippen LogP contribution < -0.4 is 15.8 Å². The SMILES string of the molecule is NC(=O)CS(=O)(=O)c1ccc(C(=O)Nc2ccccc2OC(F)F)cc1. The number of hydrogen-bond acceptors (Lipinski definition) is 5. The lowest BCUT2D eigenvalue weighted by molar-refractivity contribution is -0.115. The van der Waals surface area contributed by atoms with Gasteiger partial charge >= 0.3 is 6.61 Å². The predicted molar refractivity (Wildman–Crippen MR) is 88.7 cm³/mol. The standard InChI is InChI=1S/C16H14F2N2O5S/c17-16(18)25-13-4-2-1-3-12(13)20-15(22)10-5-7-11(8-6-10)26(23,24)9-14(19)21/h1-8,16H,9H2,(H2,19,21)(H,20,22). The highest BCUT2D eigenvalue weighted by Gasteiger charge is 2.18. The van der Waals surface area contributed by atoms with Crippen molar-refractivity contribution >= 4 is 27.3 Å². The fourth-order valence-electron chi connectivity index (χ4n) is 2.05. The van der Waals surface area contributed by atoms with Gasteiger partial charge in [-0.25, -0.2) is 8.42 Å². The van der Waals surface area contributed by atoms with E-state index in [9.17, 15) is 26.8 Å². The maximum atomic E-state index is 12.4. The molecular formula is C16H14F2N2O5S. The van der Waals surface area contributed by atoms with E-state index in [4.69, 9.17) is 5.73 Å². The van der Waals surface area contributed by atoms with E-state index in [1.807, 2.05) is 0 Å². The summed E-state index contributed by atoms with van der Waals surface area (Å²) in [5, 5.41) is 2.40. The van der Waals surface area contributed by atoms with Crippen LogP contribution in [-0.4, -0.2) is 32.6 Å². The van der Waals surface area contributed by atoms with Crippen LogP contribution in [0.25, 0.3) is 0 Å². The summed E-state index contributed by atoms with van der Waals surface area (Å²) in [6.07, 6.45) is 0. The second-order valence-electron chi connectivity index (χ2n) is 5.08. The molecule has 0 heterocycles. The van der Waals surface area contributed by atoms with Gasteiger partial charge in [-0.2, -0.15) is 8.78 Å². The Morgan fingerprint density at radius 1 is 1.08 bits per heavy atom. The number of carbonyl (C=O) groups excluding carboxylic acids is 2. The summed E-state index contributed by atoms with van der Waals surface area (Å²) in [5.74, 6) is -2.72. The third-order valence-electron chi connectivity index (χ3n) is 3.16. The van der Waals surface area contributed by atoms with Crippen LogP contribution in [0, 0.1) is 0 Å². The number of halogens is 2. The molecule has 0 bridgehead atoms. The Bertz CT molecular complexity index is 914. The molecule has 0 aliphatic heterocycles. The molecule has 7 nitrogen and oxygen atoms in total. The molecule has 0 saturated carbocycles. The van der Waals surface area contributed by atoms with Crippen LogP contribution >= 0.6 is 0 Å². The van der Waals surface area contributed by atoms with E-state index in [0.717, 1.165) is 12.1 Å². The van der Waals surface area contributed by atoms with Crippen LogP contribution in [-0.2, 0) is 14.6 Å². The van der Waals surface area contributed by atoms with Crippen LogP contribution in [0.15, 0.2) is 53.4 Å². The van der Waals surface area contributed by atoms with Crippen molar-refractivity contribution in [2.45, 2.75) is 11.5 Å². The van der Waals surface area contributed by atoms with E-state index >= 15 is 0 Å². The smallest absolute Gasteiger partial charge is 0.387 e. The lowest BCUT2D eigenvalue weighted by Gasteiger charge is -2.12. The number of primary amides is 1. The van der Waals surface area contributed by atoms with Gasteiger partial charge in [-0.3, -0.25) is 9.59 Å². The van der Waals surface area contributed by atoms with Gasteiger partial charge in [0.25, 0.3) is 5.91 Å². The maximum Gasteiger partial charge on any atom is 0.387 e. The third kappa shape index (κ3) is 4.99. The number of para-hydroxylation sites is 2. The third-order valence-corrected chi connectivity index (χ3v) is 4.81. The van der Waals surface area contributed by atoms with Crippen molar-refractivity contribution in [1.82, 2.24) is 0 Å².